The molecule has 0 aromatic heterocycles. The standard InChI is InChI=1S/C10H13NO/c11-10-5-9(10)8-3-1-2-7(4-8)6-12/h1-4,9-10,12H,5-6,11H2. The third-order valence-electron chi connectivity index (χ3n) is 2.40. The van der Waals surface area contributed by atoms with E-state index in [9.17, 15) is 0 Å². The van der Waals surface area contributed by atoms with E-state index >= 15 is 0 Å². The maximum Gasteiger partial charge on any atom is 0.0681 e. The van der Waals surface area contributed by atoms with E-state index in [4.69, 9.17) is 10.8 Å². The lowest BCUT2D eigenvalue weighted by Gasteiger charge is -2.00. The van der Waals surface area contributed by atoms with Crippen molar-refractivity contribution < 1.29 is 5.11 Å². The van der Waals surface area contributed by atoms with Crippen molar-refractivity contribution in [3.05, 3.63) is 35.4 Å². The molecule has 12 heavy (non-hydrogen) atoms. The average Bonchev–Trinajstić information content (AvgIpc) is 2.83. The van der Waals surface area contributed by atoms with Gasteiger partial charge in [0.05, 0.1) is 6.61 Å². The number of nitrogens with two attached hydrogens (primary N) is 1. The maximum absolute atomic E-state index is 8.90. The van der Waals surface area contributed by atoms with Gasteiger partial charge in [0.25, 0.3) is 0 Å². The predicted octanol–water partition coefficient (Wildman–Crippen LogP) is 0.994. The number of hydrogen-bond donors (Lipinski definition) is 2. The van der Waals surface area contributed by atoms with Gasteiger partial charge in [-0.15, -0.1) is 0 Å². The van der Waals surface area contributed by atoms with E-state index < -0.39 is 0 Å². The van der Waals surface area contributed by atoms with Crippen LogP contribution in [-0.4, -0.2) is 11.1 Å². The van der Waals surface area contributed by atoms with Crippen LogP contribution < -0.4 is 5.73 Å². The first kappa shape index (κ1) is 7.77. The van der Waals surface area contributed by atoms with Crippen molar-refractivity contribution in [1.82, 2.24) is 0 Å². The van der Waals surface area contributed by atoms with E-state index in [0.717, 1.165) is 12.0 Å². The number of benzene rings is 1. The van der Waals surface area contributed by atoms with Crippen LogP contribution in [0.5, 0.6) is 0 Å². The zero-order chi connectivity index (χ0) is 8.55. The van der Waals surface area contributed by atoms with Crippen LogP contribution in [0.15, 0.2) is 24.3 Å². The lowest BCUT2D eigenvalue weighted by Crippen LogP contribution is -2.01. The van der Waals surface area contributed by atoms with Gasteiger partial charge in [-0.05, 0) is 17.5 Å². The van der Waals surface area contributed by atoms with Crippen molar-refractivity contribution in [2.75, 3.05) is 0 Å². The van der Waals surface area contributed by atoms with Crippen molar-refractivity contribution >= 4 is 0 Å². The zero-order valence-electron chi connectivity index (χ0n) is 6.90. The Morgan fingerprint density at radius 3 is 2.83 bits per heavy atom. The van der Waals surface area contributed by atoms with Gasteiger partial charge in [0.1, 0.15) is 0 Å². The molecule has 2 nitrogen and oxygen atoms in total. The van der Waals surface area contributed by atoms with Crippen LogP contribution in [0.4, 0.5) is 0 Å². The normalized spacial score (nSPS) is 27.2. The second-order valence-corrected chi connectivity index (χ2v) is 3.41. The Bertz CT molecular complexity index is 285. The van der Waals surface area contributed by atoms with Crippen molar-refractivity contribution in [2.45, 2.75) is 25.0 Å². The second-order valence-electron chi connectivity index (χ2n) is 3.41. The second kappa shape index (κ2) is 2.88. The Morgan fingerprint density at radius 1 is 1.50 bits per heavy atom. The summed E-state index contributed by atoms with van der Waals surface area (Å²) in [6, 6.07) is 8.37. The molecule has 0 amide bonds. The minimum atomic E-state index is 0.121. The molecule has 0 bridgehead atoms. The van der Waals surface area contributed by atoms with Crippen molar-refractivity contribution in [3.8, 4) is 0 Å². The average molecular weight is 163 g/mol. The quantitative estimate of drug-likeness (QED) is 0.683. The Morgan fingerprint density at radius 2 is 2.25 bits per heavy atom. The van der Waals surface area contributed by atoms with Crippen LogP contribution >= 0.6 is 0 Å². The number of hydrogen-bond acceptors (Lipinski definition) is 2. The summed E-state index contributed by atoms with van der Waals surface area (Å²) in [4.78, 5) is 0. The summed E-state index contributed by atoms with van der Waals surface area (Å²) in [5.74, 6) is 0.538. The highest BCUT2D eigenvalue weighted by molar-refractivity contribution is 5.31. The maximum atomic E-state index is 8.90. The van der Waals surface area contributed by atoms with Crippen LogP contribution in [0.25, 0.3) is 0 Å². The molecule has 2 rings (SSSR count). The van der Waals surface area contributed by atoms with Crippen LogP contribution in [0, 0.1) is 0 Å². The molecular formula is C10H13NO. The Labute approximate surface area is 72.0 Å². The van der Waals surface area contributed by atoms with Gasteiger partial charge in [0.15, 0.2) is 0 Å². The van der Waals surface area contributed by atoms with E-state index in [1.165, 1.54) is 5.56 Å². The molecule has 1 saturated carbocycles. The summed E-state index contributed by atoms with van der Waals surface area (Å²) in [7, 11) is 0. The van der Waals surface area contributed by atoms with Gasteiger partial charge >= 0.3 is 0 Å². The van der Waals surface area contributed by atoms with E-state index in [2.05, 4.69) is 6.07 Å². The smallest absolute Gasteiger partial charge is 0.0681 e. The lowest BCUT2D eigenvalue weighted by molar-refractivity contribution is 0.281. The Balaban J connectivity index is 2.21. The first-order valence-electron chi connectivity index (χ1n) is 4.26. The minimum Gasteiger partial charge on any atom is -0.392 e. The molecule has 1 aromatic rings. The summed E-state index contributed by atoms with van der Waals surface area (Å²) in [6.45, 7) is 0.121. The summed E-state index contributed by atoms with van der Waals surface area (Å²) in [5, 5.41) is 8.90. The molecule has 0 radical (unpaired) electrons. The Kier molecular flexibility index (Phi) is 1.87. The first-order chi connectivity index (χ1) is 5.81. The van der Waals surface area contributed by atoms with E-state index in [0.29, 0.717) is 12.0 Å². The highest BCUT2D eigenvalue weighted by Gasteiger charge is 2.34. The van der Waals surface area contributed by atoms with Crippen molar-refractivity contribution in [2.24, 2.45) is 5.73 Å². The molecule has 1 aliphatic rings. The van der Waals surface area contributed by atoms with Crippen molar-refractivity contribution in [1.29, 1.82) is 0 Å². The minimum absolute atomic E-state index is 0.121. The highest BCUT2D eigenvalue weighted by Crippen LogP contribution is 2.38. The molecule has 2 unspecified atom stereocenters. The molecular weight excluding hydrogens is 150 g/mol. The lowest BCUT2D eigenvalue weighted by atomic mass is 10.1. The molecule has 1 aromatic carbocycles. The molecule has 2 heteroatoms. The van der Waals surface area contributed by atoms with Gasteiger partial charge in [-0.25, -0.2) is 0 Å². The molecule has 0 aliphatic heterocycles. The molecule has 1 aliphatic carbocycles. The van der Waals surface area contributed by atoms with Gasteiger partial charge in [-0.2, -0.15) is 0 Å². The molecule has 0 saturated heterocycles. The van der Waals surface area contributed by atoms with Crippen LogP contribution in [0.1, 0.15) is 23.5 Å². The molecule has 0 heterocycles. The van der Waals surface area contributed by atoms with Gasteiger partial charge < -0.3 is 10.8 Å². The molecule has 3 N–H and O–H groups in total. The third kappa shape index (κ3) is 1.36. The van der Waals surface area contributed by atoms with Gasteiger partial charge in [0.2, 0.25) is 0 Å². The van der Waals surface area contributed by atoms with Crippen LogP contribution in [-0.2, 0) is 6.61 Å². The molecule has 1 fully saturated rings. The first-order valence-corrected chi connectivity index (χ1v) is 4.26. The van der Waals surface area contributed by atoms with Gasteiger partial charge in [-0.3, -0.25) is 0 Å². The third-order valence-corrected chi connectivity index (χ3v) is 2.40. The van der Waals surface area contributed by atoms with Crippen LogP contribution in [0.2, 0.25) is 0 Å². The number of rotatable bonds is 2. The molecule has 0 spiro atoms. The highest BCUT2D eigenvalue weighted by atomic mass is 16.3. The fourth-order valence-corrected chi connectivity index (χ4v) is 1.52. The van der Waals surface area contributed by atoms with Crippen molar-refractivity contribution in [3.63, 3.8) is 0 Å². The zero-order valence-corrected chi connectivity index (χ0v) is 6.90. The monoisotopic (exact) mass is 163 g/mol. The predicted molar refractivity (Wildman–Crippen MR) is 47.7 cm³/mol. The largest absolute Gasteiger partial charge is 0.392 e. The Hall–Kier alpha value is -0.860. The topological polar surface area (TPSA) is 46.2 Å². The van der Waals surface area contributed by atoms with Gasteiger partial charge in [-0.1, -0.05) is 24.3 Å². The summed E-state index contributed by atoms with van der Waals surface area (Å²) in [6.07, 6.45) is 1.09. The summed E-state index contributed by atoms with van der Waals surface area (Å²) < 4.78 is 0. The van der Waals surface area contributed by atoms with E-state index in [1.54, 1.807) is 0 Å². The summed E-state index contributed by atoms with van der Waals surface area (Å²) in [5.41, 5.74) is 7.98. The van der Waals surface area contributed by atoms with Gasteiger partial charge in [0, 0.05) is 12.0 Å². The summed E-state index contributed by atoms with van der Waals surface area (Å²) >= 11 is 0. The number of aliphatic hydroxyl groups excluding tert-OH is 1. The van der Waals surface area contributed by atoms with Crippen LogP contribution in [0.3, 0.4) is 0 Å². The van der Waals surface area contributed by atoms with E-state index in [-0.39, 0.29) is 6.61 Å². The van der Waals surface area contributed by atoms with E-state index in [1.807, 2.05) is 18.2 Å². The fraction of sp³-hybridized carbons (Fsp3) is 0.400. The molecule has 2 atom stereocenters. The molecule has 64 valence electrons. The SMILES string of the molecule is NC1CC1c1cccc(CO)c1. The fourth-order valence-electron chi connectivity index (χ4n) is 1.52. The number of aliphatic hydroxyl groups is 1.